The van der Waals surface area contributed by atoms with Crippen molar-refractivity contribution in [2.45, 2.75) is 52.0 Å². The van der Waals surface area contributed by atoms with E-state index >= 15 is 0 Å². The monoisotopic (exact) mass is 247 g/mol. The summed E-state index contributed by atoms with van der Waals surface area (Å²) in [5, 5.41) is 13.3. The minimum absolute atomic E-state index is 0.120. The van der Waals surface area contributed by atoms with Crippen molar-refractivity contribution in [2.24, 2.45) is 5.41 Å². The first-order valence-electron chi connectivity index (χ1n) is 6.91. The fraction of sp³-hybridized carbons (Fsp3) is 0.625. The highest BCUT2D eigenvalue weighted by molar-refractivity contribution is 5.47. The van der Waals surface area contributed by atoms with E-state index in [1.807, 2.05) is 0 Å². The average Bonchev–Trinajstić information content (AvgIpc) is 2.35. The van der Waals surface area contributed by atoms with Gasteiger partial charge in [0.05, 0.1) is 12.1 Å². The fourth-order valence-corrected chi connectivity index (χ4v) is 2.67. The summed E-state index contributed by atoms with van der Waals surface area (Å²) in [6.07, 6.45) is 4.44. The van der Waals surface area contributed by atoms with Crippen LogP contribution in [0.25, 0.3) is 0 Å². The lowest BCUT2D eigenvalue weighted by Gasteiger charge is -2.43. The van der Waals surface area contributed by atoms with Gasteiger partial charge >= 0.3 is 0 Å². The topological polar surface area (TPSA) is 32.3 Å². The molecule has 0 radical (unpaired) electrons. The number of aliphatic hydroxyl groups is 1. The van der Waals surface area contributed by atoms with Crippen molar-refractivity contribution >= 4 is 5.69 Å². The Kier molecular flexibility index (Phi) is 3.67. The van der Waals surface area contributed by atoms with Gasteiger partial charge in [0.25, 0.3) is 0 Å². The minimum atomic E-state index is -0.120. The molecule has 0 aromatic heterocycles. The summed E-state index contributed by atoms with van der Waals surface area (Å²) >= 11 is 0. The Hall–Kier alpha value is -1.02. The molecule has 0 amide bonds. The van der Waals surface area contributed by atoms with Crippen LogP contribution in [0.4, 0.5) is 5.69 Å². The van der Waals surface area contributed by atoms with Gasteiger partial charge in [-0.3, -0.25) is 0 Å². The molecule has 0 unspecified atom stereocenters. The summed E-state index contributed by atoms with van der Waals surface area (Å²) in [4.78, 5) is 0. The predicted octanol–water partition coefficient (Wildman–Crippen LogP) is 3.74. The van der Waals surface area contributed by atoms with Gasteiger partial charge in [-0.15, -0.1) is 0 Å². The van der Waals surface area contributed by atoms with Crippen LogP contribution in [0.2, 0.25) is 0 Å². The number of aliphatic hydroxyl groups excluding tert-OH is 1. The maximum absolute atomic E-state index is 9.77. The van der Waals surface area contributed by atoms with Crippen LogP contribution < -0.4 is 5.32 Å². The molecule has 0 spiro atoms. The summed E-state index contributed by atoms with van der Waals surface area (Å²) < 4.78 is 0. The maximum atomic E-state index is 9.77. The molecule has 0 atom stereocenters. The molecule has 0 aliphatic heterocycles. The normalized spacial score (nSPS) is 21.6. The van der Waals surface area contributed by atoms with Crippen LogP contribution >= 0.6 is 0 Å². The van der Waals surface area contributed by atoms with E-state index < -0.39 is 0 Å². The molecule has 1 aromatic rings. The van der Waals surface area contributed by atoms with Crippen LogP contribution in [0.3, 0.4) is 0 Å². The molecule has 2 heteroatoms. The van der Waals surface area contributed by atoms with Gasteiger partial charge in [-0.25, -0.2) is 0 Å². The molecular formula is C16H25NO. The molecule has 100 valence electrons. The van der Waals surface area contributed by atoms with E-state index in [2.05, 4.69) is 50.4 Å². The highest BCUT2D eigenvalue weighted by Crippen LogP contribution is 2.41. The number of rotatable bonds is 3. The van der Waals surface area contributed by atoms with Crippen LogP contribution in [0.5, 0.6) is 0 Å². The zero-order valence-electron chi connectivity index (χ0n) is 11.8. The van der Waals surface area contributed by atoms with Gasteiger partial charge in [0, 0.05) is 5.69 Å². The van der Waals surface area contributed by atoms with Crippen molar-refractivity contribution in [1.82, 2.24) is 0 Å². The van der Waals surface area contributed by atoms with Gasteiger partial charge in [0.1, 0.15) is 0 Å². The number of aryl methyl sites for hydroxylation is 1. The second-order valence-electron chi connectivity index (χ2n) is 6.59. The average molecular weight is 247 g/mol. The first kappa shape index (κ1) is 13.4. The summed E-state index contributed by atoms with van der Waals surface area (Å²) in [7, 11) is 0. The number of anilines is 1. The van der Waals surface area contributed by atoms with E-state index in [-0.39, 0.29) is 12.1 Å². The van der Waals surface area contributed by atoms with Crippen molar-refractivity contribution < 1.29 is 5.11 Å². The van der Waals surface area contributed by atoms with Gasteiger partial charge in [0.15, 0.2) is 0 Å². The summed E-state index contributed by atoms with van der Waals surface area (Å²) in [5.41, 5.74) is 2.69. The Balaban J connectivity index is 2.07. The second kappa shape index (κ2) is 4.93. The van der Waals surface area contributed by atoms with Gasteiger partial charge in [0.2, 0.25) is 0 Å². The third-order valence-corrected chi connectivity index (χ3v) is 4.32. The molecule has 2 N–H and O–H groups in total. The first-order valence-corrected chi connectivity index (χ1v) is 6.91. The standard InChI is InChI=1S/C16H25NO/c1-13-4-6-14(7-5-13)17-16(12-18)10-8-15(2,3)9-11-16/h4-7,17-18H,8-12H2,1-3H3. The molecule has 1 saturated carbocycles. The summed E-state index contributed by atoms with van der Waals surface area (Å²) in [6.45, 7) is 6.95. The lowest BCUT2D eigenvalue weighted by molar-refractivity contribution is 0.118. The number of nitrogens with one attached hydrogen (secondary N) is 1. The third-order valence-electron chi connectivity index (χ3n) is 4.32. The smallest absolute Gasteiger partial charge is 0.0661 e. The molecular weight excluding hydrogens is 222 g/mol. The highest BCUT2D eigenvalue weighted by atomic mass is 16.3. The van der Waals surface area contributed by atoms with Gasteiger partial charge in [-0.05, 0) is 50.2 Å². The third kappa shape index (κ3) is 3.05. The Morgan fingerprint density at radius 2 is 1.61 bits per heavy atom. The molecule has 0 saturated heterocycles. The van der Waals surface area contributed by atoms with E-state index in [0.717, 1.165) is 18.5 Å². The minimum Gasteiger partial charge on any atom is -0.394 e. The fourth-order valence-electron chi connectivity index (χ4n) is 2.67. The van der Waals surface area contributed by atoms with E-state index in [9.17, 15) is 5.11 Å². The van der Waals surface area contributed by atoms with Gasteiger partial charge < -0.3 is 10.4 Å². The SMILES string of the molecule is Cc1ccc(NC2(CO)CCC(C)(C)CC2)cc1. The summed E-state index contributed by atoms with van der Waals surface area (Å²) in [6, 6.07) is 8.43. The van der Waals surface area contributed by atoms with Gasteiger partial charge in [-0.1, -0.05) is 31.5 Å². The Morgan fingerprint density at radius 3 is 2.11 bits per heavy atom. The van der Waals surface area contributed by atoms with Crippen LogP contribution in [-0.2, 0) is 0 Å². The lowest BCUT2D eigenvalue weighted by Crippen LogP contribution is -2.46. The molecule has 0 bridgehead atoms. The van der Waals surface area contributed by atoms with Crippen LogP contribution in [0.15, 0.2) is 24.3 Å². The largest absolute Gasteiger partial charge is 0.394 e. The van der Waals surface area contributed by atoms with E-state index in [4.69, 9.17) is 0 Å². The number of benzene rings is 1. The molecule has 2 nitrogen and oxygen atoms in total. The van der Waals surface area contributed by atoms with Crippen molar-refractivity contribution in [3.63, 3.8) is 0 Å². The molecule has 1 aromatic carbocycles. The van der Waals surface area contributed by atoms with Crippen molar-refractivity contribution in [2.75, 3.05) is 11.9 Å². The number of hydrogen-bond acceptors (Lipinski definition) is 2. The van der Waals surface area contributed by atoms with Crippen LogP contribution in [-0.4, -0.2) is 17.3 Å². The number of hydrogen-bond donors (Lipinski definition) is 2. The quantitative estimate of drug-likeness (QED) is 0.853. The highest BCUT2D eigenvalue weighted by Gasteiger charge is 2.37. The molecule has 0 heterocycles. The molecule has 2 rings (SSSR count). The predicted molar refractivity (Wildman–Crippen MR) is 76.9 cm³/mol. The van der Waals surface area contributed by atoms with Crippen molar-refractivity contribution in [3.8, 4) is 0 Å². The van der Waals surface area contributed by atoms with Crippen LogP contribution in [0.1, 0.15) is 45.1 Å². The van der Waals surface area contributed by atoms with E-state index in [0.29, 0.717) is 5.41 Å². The first-order chi connectivity index (χ1) is 8.45. The second-order valence-corrected chi connectivity index (χ2v) is 6.59. The zero-order valence-corrected chi connectivity index (χ0v) is 11.8. The van der Waals surface area contributed by atoms with Crippen molar-refractivity contribution in [1.29, 1.82) is 0 Å². The van der Waals surface area contributed by atoms with Gasteiger partial charge in [-0.2, -0.15) is 0 Å². The lowest BCUT2D eigenvalue weighted by atomic mass is 9.69. The molecule has 1 aliphatic rings. The Bertz CT molecular complexity index is 384. The molecule has 1 fully saturated rings. The van der Waals surface area contributed by atoms with Crippen molar-refractivity contribution in [3.05, 3.63) is 29.8 Å². The molecule has 1 aliphatic carbocycles. The molecule has 18 heavy (non-hydrogen) atoms. The van der Waals surface area contributed by atoms with E-state index in [1.54, 1.807) is 0 Å². The van der Waals surface area contributed by atoms with Crippen LogP contribution in [0, 0.1) is 12.3 Å². The Labute approximate surface area is 110 Å². The summed E-state index contributed by atoms with van der Waals surface area (Å²) in [5.74, 6) is 0. The maximum Gasteiger partial charge on any atom is 0.0661 e. The Morgan fingerprint density at radius 1 is 1.06 bits per heavy atom. The van der Waals surface area contributed by atoms with E-state index in [1.165, 1.54) is 18.4 Å². The zero-order chi connectivity index (χ0) is 13.2.